The Balaban J connectivity index is 1.40. The van der Waals surface area contributed by atoms with Crippen LogP contribution >= 0.6 is 11.3 Å². The smallest absolute Gasteiger partial charge is 0.0718 e. The molecule has 4 heterocycles. The highest BCUT2D eigenvalue weighted by Gasteiger charge is 2.46. The van der Waals surface area contributed by atoms with Crippen LogP contribution in [0.3, 0.4) is 0 Å². The van der Waals surface area contributed by atoms with Crippen LogP contribution in [0.4, 0.5) is 0 Å². The van der Waals surface area contributed by atoms with Gasteiger partial charge in [-0.1, -0.05) is 6.07 Å². The van der Waals surface area contributed by atoms with E-state index in [2.05, 4.69) is 27.4 Å². The molecule has 134 valence electrons. The molecule has 0 amide bonds. The van der Waals surface area contributed by atoms with Crippen LogP contribution in [-0.4, -0.2) is 42.3 Å². The highest BCUT2D eigenvalue weighted by atomic mass is 32.1. The summed E-state index contributed by atoms with van der Waals surface area (Å²) in [7, 11) is 0. The lowest BCUT2D eigenvalue weighted by molar-refractivity contribution is -0.155. The van der Waals surface area contributed by atoms with Crippen molar-refractivity contribution in [3.05, 3.63) is 52.5 Å². The third kappa shape index (κ3) is 4.11. The Kier molecular flexibility index (Phi) is 5.46. The first-order valence-corrected chi connectivity index (χ1v) is 10.1. The van der Waals surface area contributed by atoms with E-state index in [4.69, 9.17) is 9.47 Å². The summed E-state index contributed by atoms with van der Waals surface area (Å²) in [5, 5.41) is 2.17. The molecule has 2 fully saturated rings. The van der Waals surface area contributed by atoms with Crippen LogP contribution in [0.15, 0.2) is 42.0 Å². The van der Waals surface area contributed by atoms with Crippen molar-refractivity contribution in [3.8, 4) is 0 Å². The summed E-state index contributed by atoms with van der Waals surface area (Å²) in [4.78, 5) is 8.11. The Labute approximate surface area is 153 Å². The van der Waals surface area contributed by atoms with E-state index in [1.807, 2.05) is 35.9 Å². The van der Waals surface area contributed by atoms with Crippen molar-refractivity contribution in [1.82, 2.24) is 9.88 Å². The first-order valence-electron chi connectivity index (χ1n) is 9.17. The Bertz CT molecular complexity index is 649. The molecule has 0 saturated carbocycles. The van der Waals surface area contributed by atoms with E-state index in [9.17, 15) is 0 Å². The fourth-order valence-corrected chi connectivity index (χ4v) is 4.95. The molecule has 0 unspecified atom stereocenters. The largest absolute Gasteiger partial charge is 0.377 e. The number of likely N-dealkylation sites (tertiary alicyclic amines) is 1. The molecular formula is C20H26N2O2S. The van der Waals surface area contributed by atoms with Crippen molar-refractivity contribution in [2.45, 2.75) is 38.5 Å². The average molecular weight is 359 g/mol. The number of hydrogen-bond acceptors (Lipinski definition) is 5. The lowest BCUT2D eigenvalue weighted by Crippen LogP contribution is -2.56. The number of rotatable bonds is 6. The van der Waals surface area contributed by atoms with Crippen molar-refractivity contribution < 1.29 is 9.47 Å². The third-order valence-electron chi connectivity index (χ3n) is 5.43. The van der Waals surface area contributed by atoms with E-state index < -0.39 is 0 Å². The van der Waals surface area contributed by atoms with Crippen LogP contribution in [-0.2, 0) is 22.6 Å². The average Bonchev–Trinajstić information content (AvgIpc) is 3.15. The van der Waals surface area contributed by atoms with Gasteiger partial charge in [0.1, 0.15) is 0 Å². The standard InChI is InChI=1S/C20H26N2O2S/c1-3-18(25-12-1)13-22-10-6-19-20(15-22,7-2-11-24-19)16-23-14-17-4-8-21-9-5-17/h1,3-5,8-9,12,19H,2,6-7,10-11,13-16H2/t19-,20-/m1/s1. The number of hydrogen-bond donors (Lipinski definition) is 0. The van der Waals surface area contributed by atoms with Gasteiger partial charge in [-0.15, -0.1) is 11.3 Å². The van der Waals surface area contributed by atoms with E-state index in [1.54, 1.807) is 0 Å². The van der Waals surface area contributed by atoms with Crippen molar-refractivity contribution in [2.24, 2.45) is 5.41 Å². The van der Waals surface area contributed by atoms with Gasteiger partial charge in [-0.05, 0) is 48.4 Å². The summed E-state index contributed by atoms with van der Waals surface area (Å²) in [6.07, 6.45) is 7.46. The summed E-state index contributed by atoms with van der Waals surface area (Å²) >= 11 is 1.85. The van der Waals surface area contributed by atoms with Gasteiger partial charge in [0.15, 0.2) is 0 Å². The van der Waals surface area contributed by atoms with Gasteiger partial charge in [0, 0.05) is 48.9 Å². The van der Waals surface area contributed by atoms with Crippen LogP contribution < -0.4 is 0 Å². The first-order chi connectivity index (χ1) is 12.3. The minimum atomic E-state index is 0.140. The number of nitrogens with zero attached hydrogens (tertiary/aromatic N) is 2. The second-order valence-electron chi connectivity index (χ2n) is 7.25. The molecule has 0 aliphatic carbocycles. The molecule has 2 aromatic rings. The van der Waals surface area contributed by atoms with Gasteiger partial charge in [-0.3, -0.25) is 9.88 Å². The fourth-order valence-electron chi connectivity index (χ4n) is 4.20. The molecule has 4 nitrogen and oxygen atoms in total. The lowest BCUT2D eigenvalue weighted by atomic mass is 9.73. The second kappa shape index (κ2) is 7.96. The monoisotopic (exact) mass is 358 g/mol. The number of aromatic nitrogens is 1. The predicted molar refractivity (Wildman–Crippen MR) is 99.5 cm³/mol. The van der Waals surface area contributed by atoms with Gasteiger partial charge in [0.25, 0.3) is 0 Å². The van der Waals surface area contributed by atoms with Gasteiger partial charge in [0.05, 0.1) is 19.3 Å². The molecule has 0 radical (unpaired) electrons. The highest BCUT2D eigenvalue weighted by molar-refractivity contribution is 7.09. The Morgan fingerprint density at radius 1 is 1.32 bits per heavy atom. The van der Waals surface area contributed by atoms with Crippen molar-refractivity contribution in [3.63, 3.8) is 0 Å². The maximum atomic E-state index is 6.17. The van der Waals surface area contributed by atoms with Crippen molar-refractivity contribution >= 4 is 11.3 Å². The van der Waals surface area contributed by atoms with E-state index in [1.165, 1.54) is 16.9 Å². The third-order valence-corrected chi connectivity index (χ3v) is 6.30. The maximum absolute atomic E-state index is 6.17. The van der Waals surface area contributed by atoms with Crippen molar-refractivity contribution in [2.75, 3.05) is 26.3 Å². The summed E-state index contributed by atoms with van der Waals surface area (Å²) in [6.45, 7) is 5.58. The topological polar surface area (TPSA) is 34.6 Å². The minimum absolute atomic E-state index is 0.140. The quantitative estimate of drug-likeness (QED) is 0.788. The van der Waals surface area contributed by atoms with E-state index in [0.29, 0.717) is 12.7 Å². The van der Waals surface area contributed by atoms with Crippen LogP contribution in [0.5, 0.6) is 0 Å². The van der Waals surface area contributed by atoms with Gasteiger partial charge >= 0.3 is 0 Å². The molecule has 2 saturated heterocycles. The van der Waals surface area contributed by atoms with E-state index in [-0.39, 0.29) is 5.41 Å². The zero-order valence-electron chi connectivity index (χ0n) is 14.6. The molecule has 2 aliphatic rings. The fraction of sp³-hybridized carbons (Fsp3) is 0.550. The van der Waals surface area contributed by atoms with Crippen LogP contribution in [0, 0.1) is 5.41 Å². The normalized spacial score (nSPS) is 27.1. The minimum Gasteiger partial charge on any atom is -0.377 e. The molecule has 4 rings (SSSR count). The zero-order valence-corrected chi connectivity index (χ0v) is 15.4. The van der Waals surface area contributed by atoms with E-state index in [0.717, 1.165) is 45.7 Å². The van der Waals surface area contributed by atoms with Crippen molar-refractivity contribution in [1.29, 1.82) is 0 Å². The molecule has 2 atom stereocenters. The SMILES string of the molecule is c1csc(CN2CC[C@H]3OCCC[C@]3(COCc3ccncc3)C2)c1. The van der Waals surface area contributed by atoms with Gasteiger partial charge in [0.2, 0.25) is 0 Å². The van der Waals surface area contributed by atoms with Crippen LogP contribution in [0.1, 0.15) is 29.7 Å². The number of pyridine rings is 1. The van der Waals surface area contributed by atoms with Gasteiger partial charge in [-0.25, -0.2) is 0 Å². The number of thiophene rings is 1. The zero-order chi connectivity index (χ0) is 17.0. The Hall–Kier alpha value is -1.27. The molecule has 0 spiro atoms. The Morgan fingerprint density at radius 3 is 3.08 bits per heavy atom. The first kappa shape index (κ1) is 17.2. The Morgan fingerprint density at radius 2 is 2.24 bits per heavy atom. The number of piperidine rings is 1. The predicted octanol–water partition coefficient (Wildman–Crippen LogP) is 3.73. The van der Waals surface area contributed by atoms with Gasteiger partial charge < -0.3 is 9.47 Å². The molecule has 5 heteroatoms. The summed E-state index contributed by atoms with van der Waals surface area (Å²) in [5.74, 6) is 0. The second-order valence-corrected chi connectivity index (χ2v) is 8.28. The maximum Gasteiger partial charge on any atom is 0.0718 e. The molecule has 25 heavy (non-hydrogen) atoms. The van der Waals surface area contributed by atoms with E-state index >= 15 is 0 Å². The van der Waals surface area contributed by atoms with Crippen LogP contribution in [0.2, 0.25) is 0 Å². The molecule has 0 N–H and O–H groups in total. The number of fused-ring (bicyclic) bond motifs is 1. The lowest BCUT2D eigenvalue weighted by Gasteiger charge is -2.50. The molecule has 2 aliphatic heterocycles. The summed E-state index contributed by atoms with van der Waals surface area (Å²) in [6, 6.07) is 8.43. The molecule has 0 bridgehead atoms. The molecular weight excluding hydrogens is 332 g/mol. The molecule has 2 aromatic heterocycles. The summed E-state index contributed by atoms with van der Waals surface area (Å²) in [5.41, 5.74) is 1.33. The summed E-state index contributed by atoms with van der Waals surface area (Å²) < 4.78 is 12.3. The number of ether oxygens (including phenoxy) is 2. The molecule has 0 aromatic carbocycles. The highest BCUT2D eigenvalue weighted by Crippen LogP contribution is 2.41. The van der Waals surface area contributed by atoms with Gasteiger partial charge in [-0.2, -0.15) is 0 Å². The van der Waals surface area contributed by atoms with Crippen LogP contribution in [0.25, 0.3) is 0 Å².